The van der Waals surface area contributed by atoms with Crippen LogP contribution in [0.4, 0.5) is 21.7 Å². The highest BCUT2D eigenvalue weighted by Gasteiger charge is 2.40. The number of carbonyl (C=O) groups is 3. The van der Waals surface area contributed by atoms with E-state index < -0.39 is 29.7 Å². The molecule has 0 aliphatic carbocycles. The van der Waals surface area contributed by atoms with Gasteiger partial charge in [0.15, 0.2) is 0 Å². The van der Waals surface area contributed by atoms with E-state index in [1.165, 1.54) is 37.4 Å². The number of allylic oxidation sites excluding steroid dienone is 1. The summed E-state index contributed by atoms with van der Waals surface area (Å²) >= 11 is 5.94. The highest BCUT2D eigenvalue weighted by atomic mass is 35.5. The molecular formula is C29H33ClFN7O4. The van der Waals surface area contributed by atoms with Gasteiger partial charge < -0.3 is 30.9 Å². The van der Waals surface area contributed by atoms with Gasteiger partial charge in [0.05, 0.1) is 28.8 Å². The molecule has 222 valence electrons. The third-order valence-corrected chi connectivity index (χ3v) is 7.88. The van der Waals surface area contributed by atoms with Gasteiger partial charge >= 0.3 is 5.97 Å². The molecule has 4 N–H and O–H groups in total. The summed E-state index contributed by atoms with van der Waals surface area (Å²) in [6.45, 7) is 7.11. The Balaban J connectivity index is 1.38. The summed E-state index contributed by atoms with van der Waals surface area (Å²) in [6, 6.07) is 3.58. The number of nitrogens with one attached hydrogen (secondary N) is 4. The van der Waals surface area contributed by atoms with Crippen molar-refractivity contribution >= 4 is 52.3 Å². The van der Waals surface area contributed by atoms with Crippen LogP contribution in [0.3, 0.4) is 0 Å². The van der Waals surface area contributed by atoms with Crippen LogP contribution >= 0.6 is 11.6 Å². The summed E-state index contributed by atoms with van der Waals surface area (Å²) < 4.78 is 19.0. The van der Waals surface area contributed by atoms with Crippen molar-refractivity contribution in [1.82, 2.24) is 25.5 Å². The Morgan fingerprint density at radius 1 is 1.26 bits per heavy atom. The third kappa shape index (κ3) is 6.39. The van der Waals surface area contributed by atoms with Gasteiger partial charge in [0.25, 0.3) is 5.91 Å². The van der Waals surface area contributed by atoms with Crippen LogP contribution in [0.25, 0.3) is 5.57 Å². The lowest BCUT2D eigenvalue weighted by atomic mass is 9.92. The summed E-state index contributed by atoms with van der Waals surface area (Å²) in [6.07, 6.45) is 5.33. The molecule has 0 spiro atoms. The molecule has 1 aromatic carbocycles. The molecule has 5 rings (SSSR count). The number of carbonyl (C=O) groups excluding carboxylic acids is 3. The molecule has 2 atom stereocenters. The number of fused-ring (bicyclic) bond motifs is 1. The first kappa shape index (κ1) is 29.5. The third-order valence-electron chi connectivity index (χ3n) is 7.59. The second-order valence-corrected chi connectivity index (χ2v) is 10.8. The van der Waals surface area contributed by atoms with Crippen molar-refractivity contribution in [2.24, 2.45) is 5.92 Å². The van der Waals surface area contributed by atoms with E-state index >= 15 is 0 Å². The van der Waals surface area contributed by atoms with Gasteiger partial charge in [-0.05, 0) is 69.6 Å². The van der Waals surface area contributed by atoms with Crippen LogP contribution in [0.15, 0.2) is 41.9 Å². The first-order valence-electron chi connectivity index (χ1n) is 14.0. The molecule has 2 aromatic rings. The van der Waals surface area contributed by atoms with Gasteiger partial charge in [-0.2, -0.15) is 0 Å². The maximum absolute atomic E-state index is 13.7. The Kier molecular flexibility index (Phi) is 9.03. The van der Waals surface area contributed by atoms with Crippen LogP contribution in [-0.2, 0) is 19.1 Å². The maximum atomic E-state index is 13.7. The van der Waals surface area contributed by atoms with Crippen molar-refractivity contribution in [2.45, 2.75) is 39.2 Å². The number of hydrogen-bond donors (Lipinski definition) is 4. The van der Waals surface area contributed by atoms with Gasteiger partial charge in [-0.1, -0.05) is 11.6 Å². The number of ether oxygens (including phenoxy) is 1. The van der Waals surface area contributed by atoms with Crippen molar-refractivity contribution in [2.75, 3.05) is 43.4 Å². The molecule has 11 nitrogen and oxygen atoms in total. The average molecular weight is 598 g/mol. The van der Waals surface area contributed by atoms with Crippen molar-refractivity contribution < 1.29 is 23.5 Å². The van der Waals surface area contributed by atoms with Crippen molar-refractivity contribution in [1.29, 1.82) is 0 Å². The van der Waals surface area contributed by atoms with Crippen molar-refractivity contribution in [3.63, 3.8) is 0 Å². The largest absolute Gasteiger partial charge is 0.465 e. The van der Waals surface area contributed by atoms with Gasteiger partial charge in [0.1, 0.15) is 29.7 Å². The molecule has 42 heavy (non-hydrogen) atoms. The molecule has 0 radical (unpaired) electrons. The molecule has 0 saturated carbocycles. The smallest absolute Gasteiger partial charge is 0.315 e. The van der Waals surface area contributed by atoms with Crippen molar-refractivity contribution in [3.8, 4) is 0 Å². The molecule has 13 heteroatoms. The Labute approximate surface area is 247 Å². The number of likely N-dealkylation sites (tertiary alicyclic amines) is 1. The van der Waals surface area contributed by atoms with E-state index in [4.69, 9.17) is 16.3 Å². The van der Waals surface area contributed by atoms with E-state index in [1.54, 1.807) is 19.9 Å². The minimum Gasteiger partial charge on any atom is -0.465 e. The second kappa shape index (κ2) is 12.9. The van der Waals surface area contributed by atoms with Crippen LogP contribution in [0.2, 0.25) is 5.02 Å². The summed E-state index contributed by atoms with van der Waals surface area (Å²) in [7, 11) is 0. The Bertz CT molecular complexity index is 1460. The zero-order chi connectivity index (χ0) is 29.8. The molecule has 4 heterocycles. The second-order valence-electron chi connectivity index (χ2n) is 10.4. The van der Waals surface area contributed by atoms with E-state index in [1.807, 2.05) is 0 Å². The first-order valence-corrected chi connectivity index (χ1v) is 14.4. The maximum Gasteiger partial charge on any atom is 0.315 e. The minimum absolute atomic E-state index is 0.0531. The zero-order valence-electron chi connectivity index (χ0n) is 23.4. The number of rotatable bonds is 10. The molecule has 0 bridgehead atoms. The van der Waals surface area contributed by atoms with Crippen LogP contribution < -0.4 is 21.3 Å². The lowest BCUT2D eigenvalue weighted by molar-refractivity contribution is -0.147. The van der Waals surface area contributed by atoms with Crippen LogP contribution in [0.1, 0.15) is 38.7 Å². The Morgan fingerprint density at radius 2 is 2.05 bits per heavy atom. The average Bonchev–Trinajstić information content (AvgIpc) is 3.65. The standard InChI is InChI=1S/C29H33ClFN7O4/c1-3-42-29(41)24-16(2)21(36-22(24)14-23(39)32-8-11-38-9-4-5-10-38)13-18-25-26(33-15-34-27(25)37-28(18)40)35-17-6-7-20(31)19(30)12-17/h6-7,12-13,15,22,24,36H,3-5,8-11,14H2,1-2H3,(H,32,39)(H2,33,34,35,37,40)/b18-13-. The van der Waals surface area contributed by atoms with E-state index in [0.717, 1.165) is 19.6 Å². The van der Waals surface area contributed by atoms with E-state index in [2.05, 4.69) is 36.1 Å². The minimum atomic E-state index is -0.712. The number of nitrogens with zero attached hydrogens (tertiary/aromatic N) is 3. The normalized spacial score (nSPS) is 20.9. The quantitative estimate of drug-likeness (QED) is 0.240. The number of benzene rings is 1. The van der Waals surface area contributed by atoms with Gasteiger partial charge in [0.2, 0.25) is 5.91 Å². The van der Waals surface area contributed by atoms with Gasteiger partial charge in [-0.3, -0.25) is 14.4 Å². The number of hydrogen-bond acceptors (Lipinski definition) is 9. The van der Waals surface area contributed by atoms with Crippen LogP contribution in [-0.4, -0.2) is 71.5 Å². The highest BCUT2D eigenvalue weighted by Crippen LogP contribution is 2.38. The molecule has 2 amide bonds. The summed E-state index contributed by atoms with van der Waals surface area (Å²) in [5.41, 5.74) is 2.30. The van der Waals surface area contributed by atoms with E-state index in [-0.39, 0.29) is 29.5 Å². The van der Waals surface area contributed by atoms with Gasteiger partial charge in [-0.25, -0.2) is 14.4 Å². The molecule has 3 aliphatic rings. The highest BCUT2D eigenvalue weighted by molar-refractivity contribution is 6.33. The number of esters is 1. The summed E-state index contributed by atoms with van der Waals surface area (Å²) in [4.78, 5) is 49.7. The molecule has 3 aliphatic heterocycles. The fourth-order valence-corrected chi connectivity index (χ4v) is 5.69. The van der Waals surface area contributed by atoms with E-state index in [0.29, 0.717) is 40.7 Å². The predicted octanol–water partition coefficient (Wildman–Crippen LogP) is 3.38. The lowest BCUT2D eigenvalue weighted by Crippen LogP contribution is -2.41. The molecular weight excluding hydrogens is 565 g/mol. The Hall–Kier alpha value is -4.03. The number of anilines is 3. The molecule has 1 fully saturated rings. The topological polar surface area (TPSA) is 138 Å². The van der Waals surface area contributed by atoms with E-state index in [9.17, 15) is 18.8 Å². The Morgan fingerprint density at radius 3 is 2.79 bits per heavy atom. The molecule has 1 saturated heterocycles. The van der Waals surface area contributed by atoms with Gasteiger partial charge in [0, 0.05) is 30.9 Å². The lowest BCUT2D eigenvalue weighted by Gasteiger charge is -2.20. The zero-order valence-corrected chi connectivity index (χ0v) is 24.2. The monoisotopic (exact) mass is 597 g/mol. The number of amides is 2. The number of aromatic nitrogens is 2. The predicted molar refractivity (Wildman–Crippen MR) is 156 cm³/mol. The SMILES string of the molecule is CCOC(=O)C1C(C)=C(/C=C2\C(=O)Nc3ncnc(Nc4ccc(F)c(Cl)c4)c32)NC1CC(=O)NCCN1CCCC1. The fraction of sp³-hybridized carbons (Fsp3) is 0.414. The molecule has 1 aromatic heterocycles. The number of halogens is 2. The first-order chi connectivity index (χ1) is 20.2. The van der Waals surface area contributed by atoms with Gasteiger partial charge in [-0.15, -0.1) is 0 Å². The van der Waals surface area contributed by atoms with Crippen LogP contribution in [0, 0.1) is 11.7 Å². The summed E-state index contributed by atoms with van der Waals surface area (Å²) in [5, 5.41) is 12.0. The van der Waals surface area contributed by atoms with Crippen molar-refractivity contribution in [3.05, 3.63) is 58.3 Å². The van der Waals surface area contributed by atoms with Crippen LogP contribution in [0.5, 0.6) is 0 Å². The fourth-order valence-electron chi connectivity index (χ4n) is 5.51. The summed E-state index contributed by atoms with van der Waals surface area (Å²) in [5.74, 6) is -1.71. The molecule has 2 unspecified atom stereocenters.